The Kier molecular flexibility index (Phi) is 8.18. The molecule has 2 heterocycles. The maximum atomic E-state index is 12.1. The first kappa shape index (κ1) is 25.4. The van der Waals surface area contributed by atoms with Crippen molar-refractivity contribution in [2.24, 2.45) is 11.8 Å². The van der Waals surface area contributed by atoms with Gasteiger partial charge in [0.05, 0.1) is 29.3 Å². The van der Waals surface area contributed by atoms with Gasteiger partial charge in [0.2, 0.25) is 17.7 Å². The smallest absolute Gasteiger partial charge is 0.308 e. The van der Waals surface area contributed by atoms with Crippen LogP contribution >= 0.6 is 0 Å². The Morgan fingerprint density at radius 3 is 2.40 bits per heavy atom. The van der Waals surface area contributed by atoms with E-state index in [-0.39, 0.29) is 65.6 Å². The topological polar surface area (TPSA) is 159 Å². The Bertz CT molecular complexity index is 1230. The minimum atomic E-state index is -0.463. The highest BCUT2D eigenvalue weighted by molar-refractivity contribution is 5.91. The van der Waals surface area contributed by atoms with Crippen molar-refractivity contribution in [3.05, 3.63) is 51.8 Å². The van der Waals surface area contributed by atoms with E-state index in [2.05, 4.69) is 25.3 Å². The molecule has 184 valence electrons. The summed E-state index contributed by atoms with van der Waals surface area (Å²) in [6.07, 6.45) is 1.87. The lowest BCUT2D eigenvalue weighted by Gasteiger charge is -2.12. The second-order valence-corrected chi connectivity index (χ2v) is 8.31. The molecule has 0 fully saturated rings. The first-order valence-corrected chi connectivity index (χ1v) is 11.0. The van der Waals surface area contributed by atoms with Crippen LogP contribution in [0.15, 0.2) is 30.5 Å². The fraction of sp³-hybridized carbons (Fsp3) is 0.391. The number of rotatable bonds is 10. The largest absolute Gasteiger partial charge is 0.476 e. The number of aromatic nitrogens is 4. The minimum Gasteiger partial charge on any atom is -0.476 e. The second-order valence-electron chi connectivity index (χ2n) is 8.31. The predicted octanol–water partition coefficient (Wildman–Crippen LogP) is 3.24. The molecule has 0 aliphatic heterocycles. The Labute approximate surface area is 201 Å². The molecule has 0 saturated carbocycles. The standard InChI is InChI=1S/C23H26N6O6/c1-13(2)20(30)27-23-26-19-18(25-16(11-24-19)12-35-22(31)14(3)4)21(28-23)34-10-9-15-5-7-17(8-6-15)29(32)33/h5-8,11,13-14H,9-10,12H2,1-4H3,(H,24,26,27,28,30). The molecule has 0 atom stereocenters. The molecule has 1 N–H and O–H groups in total. The molecule has 1 amide bonds. The highest BCUT2D eigenvalue weighted by atomic mass is 16.6. The third kappa shape index (κ3) is 6.88. The quantitative estimate of drug-likeness (QED) is 0.258. The number of anilines is 1. The summed E-state index contributed by atoms with van der Waals surface area (Å²) in [5, 5.41) is 13.5. The van der Waals surface area contributed by atoms with Gasteiger partial charge in [-0.3, -0.25) is 25.0 Å². The van der Waals surface area contributed by atoms with Crippen molar-refractivity contribution in [3.63, 3.8) is 0 Å². The third-order valence-electron chi connectivity index (χ3n) is 4.79. The van der Waals surface area contributed by atoms with E-state index in [0.29, 0.717) is 12.1 Å². The number of amides is 1. The Morgan fingerprint density at radius 2 is 1.77 bits per heavy atom. The predicted molar refractivity (Wildman–Crippen MR) is 126 cm³/mol. The van der Waals surface area contributed by atoms with Crippen molar-refractivity contribution in [2.45, 2.75) is 40.7 Å². The number of nitrogens with zero attached hydrogens (tertiary/aromatic N) is 5. The molecule has 2 aromatic heterocycles. The summed E-state index contributed by atoms with van der Waals surface area (Å²) < 4.78 is 11.1. The normalized spacial score (nSPS) is 11.0. The molecular weight excluding hydrogens is 456 g/mol. The summed E-state index contributed by atoms with van der Waals surface area (Å²) in [6.45, 7) is 7.03. The van der Waals surface area contributed by atoms with Crippen molar-refractivity contribution in [1.29, 1.82) is 0 Å². The van der Waals surface area contributed by atoms with Crippen LogP contribution < -0.4 is 10.1 Å². The first-order chi connectivity index (χ1) is 16.6. The number of esters is 1. The zero-order chi connectivity index (χ0) is 25.5. The first-order valence-electron chi connectivity index (χ1n) is 11.0. The number of nitro benzene ring substituents is 1. The van der Waals surface area contributed by atoms with E-state index in [1.54, 1.807) is 39.8 Å². The van der Waals surface area contributed by atoms with Crippen molar-refractivity contribution in [1.82, 2.24) is 19.9 Å². The Balaban J connectivity index is 1.83. The third-order valence-corrected chi connectivity index (χ3v) is 4.79. The van der Waals surface area contributed by atoms with Crippen molar-refractivity contribution in [3.8, 4) is 5.88 Å². The maximum absolute atomic E-state index is 12.1. The Morgan fingerprint density at radius 1 is 1.06 bits per heavy atom. The fourth-order valence-corrected chi connectivity index (χ4v) is 2.76. The van der Waals surface area contributed by atoms with Crippen LogP contribution in [0.1, 0.15) is 39.0 Å². The number of carbonyl (C=O) groups excluding carboxylic acids is 2. The average molecular weight is 482 g/mol. The lowest BCUT2D eigenvalue weighted by molar-refractivity contribution is -0.384. The van der Waals surface area contributed by atoms with Gasteiger partial charge in [-0.1, -0.05) is 39.8 Å². The lowest BCUT2D eigenvalue weighted by Crippen LogP contribution is -2.20. The number of hydrogen-bond donors (Lipinski definition) is 1. The number of benzene rings is 1. The van der Waals surface area contributed by atoms with Gasteiger partial charge in [-0.05, 0) is 5.56 Å². The molecule has 12 heteroatoms. The number of nitrogens with one attached hydrogen (secondary N) is 1. The number of hydrogen-bond acceptors (Lipinski definition) is 10. The van der Waals surface area contributed by atoms with Gasteiger partial charge in [0.25, 0.3) is 5.69 Å². The van der Waals surface area contributed by atoms with Crippen LogP contribution in [0, 0.1) is 22.0 Å². The van der Waals surface area contributed by atoms with Crippen LogP contribution in [0.25, 0.3) is 11.2 Å². The summed E-state index contributed by atoms with van der Waals surface area (Å²) in [5.41, 5.74) is 1.66. The number of non-ortho nitro benzene ring substituents is 1. The van der Waals surface area contributed by atoms with Crippen LogP contribution in [0.4, 0.5) is 11.6 Å². The van der Waals surface area contributed by atoms with Gasteiger partial charge in [0.1, 0.15) is 6.61 Å². The van der Waals surface area contributed by atoms with Crippen LogP contribution in [-0.4, -0.2) is 43.3 Å². The molecule has 12 nitrogen and oxygen atoms in total. The van der Waals surface area contributed by atoms with Gasteiger partial charge >= 0.3 is 5.97 Å². The monoisotopic (exact) mass is 482 g/mol. The Hall–Kier alpha value is -4.22. The molecular formula is C23H26N6O6. The van der Waals surface area contributed by atoms with Gasteiger partial charge in [-0.25, -0.2) is 9.97 Å². The molecule has 35 heavy (non-hydrogen) atoms. The number of fused-ring (bicyclic) bond motifs is 1. The zero-order valence-electron chi connectivity index (χ0n) is 19.8. The summed E-state index contributed by atoms with van der Waals surface area (Å²) in [5.74, 6) is -1.08. The van der Waals surface area contributed by atoms with Crippen LogP contribution in [0.3, 0.4) is 0 Å². The van der Waals surface area contributed by atoms with Gasteiger partial charge in [-0.15, -0.1) is 0 Å². The zero-order valence-corrected chi connectivity index (χ0v) is 19.8. The second kappa shape index (κ2) is 11.3. The molecule has 0 spiro atoms. The van der Waals surface area contributed by atoms with E-state index in [0.717, 1.165) is 5.56 Å². The fourth-order valence-electron chi connectivity index (χ4n) is 2.76. The van der Waals surface area contributed by atoms with Crippen molar-refractivity contribution >= 4 is 34.7 Å². The van der Waals surface area contributed by atoms with Crippen LogP contribution in [0.5, 0.6) is 5.88 Å². The van der Waals surface area contributed by atoms with Gasteiger partial charge in [-0.2, -0.15) is 9.97 Å². The van der Waals surface area contributed by atoms with Gasteiger partial charge in [0.15, 0.2) is 11.2 Å². The van der Waals surface area contributed by atoms with Crippen LogP contribution in [-0.2, 0) is 27.4 Å². The lowest BCUT2D eigenvalue weighted by atomic mass is 10.1. The van der Waals surface area contributed by atoms with E-state index in [9.17, 15) is 19.7 Å². The van der Waals surface area contributed by atoms with E-state index < -0.39 is 4.92 Å². The minimum absolute atomic E-state index is 0.00275. The van der Waals surface area contributed by atoms with Gasteiger partial charge < -0.3 is 9.47 Å². The molecule has 0 unspecified atom stereocenters. The van der Waals surface area contributed by atoms with Crippen molar-refractivity contribution in [2.75, 3.05) is 11.9 Å². The molecule has 3 aromatic rings. The van der Waals surface area contributed by atoms with E-state index in [4.69, 9.17) is 9.47 Å². The molecule has 0 radical (unpaired) electrons. The SMILES string of the molecule is CC(C)C(=O)Nc1nc(OCCc2ccc([N+](=O)[O-])cc2)c2nc(COC(=O)C(C)C)cnc2n1. The summed E-state index contributed by atoms with van der Waals surface area (Å²) in [4.78, 5) is 51.5. The van der Waals surface area contributed by atoms with Gasteiger partial charge in [0, 0.05) is 24.5 Å². The number of nitro groups is 1. The molecule has 0 aliphatic carbocycles. The summed E-state index contributed by atoms with van der Waals surface area (Å²) in [6, 6.07) is 6.14. The maximum Gasteiger partial charge on any atom is 0.308 e. The molecule has 1 aromatic carbocycles. The van der Waals surface area contributed by atoms with E-state index in [1.807, 2.05) is 0 Å². The van der Waals surface area contributed by atoms with Crippen LogP contribution in [0.2, 0.25) is 0 Å². The summed E-state index contributed by atoms with van der Waals surface area (Å²) >= 11 is 0. The molecule has 0 aliphatic rings. The number of carbonyl (C=O) groups is 2. The van der Waals surface area contributed by atoms with E-state index in [1.165, 1.54) is 18.3 Å². The van der Waals surface area contributed by atoms with Crippen molar-refractivity contribution < 1.29 is 24.0 Å². The molecule has 0 bridgehead atoms. The highest BCUT2D eigenvalue weighted by Gasteiger charge is 2.17. The number of ether oxygens (including phenoxy) is 2. The summed E-state index contributed by atoms with van der Waals surface area (Å²) in [7, 11) is 0. The highest BCUT2D eigenvalue weighted by Crippen LogP contribution is 2.22. The average Bonchev–Trinajstić information content (AvgIpc) is 2.82. The molecule has 0 saturated heterocycles. The molecule has 3 rings (SSSR count). The van der Waals surface area contributed by atoms with E-state index >= 15 is 0 Å².